The monoisotopic (exact) mass is 295 g/mol. The van der Waals surface area contributed by atoms with Crippen molar-refractivity contribution in [3.8, 4) is 5.75 Å². The fourth-order valence-electron chi connectivity index (χ4n) is 2.66. The van der Waals surface area contributed by atoms with Crippen molar-refractivity contribution in [2.24, 2.45) is 0 Å². The Morgan fingerprint density at radius 1 is 1.35 bits per heavy atom. The summed E-state index contributed by atoms with van der Waals surface area (Å²) in [5.74, 6) is 1.05. The average Bonchev–Trinajstić information content (AvgIpc) is 2.30. The van der Waals surface area contributed by atoms with Crippen molar-refractivity contribution in [2.45, 2.75) is 31.3 Å². The van der Waals surface area contributed by atoms with Crippen LogP contribution in [0.1, 0.15) is 24.8 Å². The minimum absolute atomic E-state index is 0.108. The molecule has 3 rings (SSSR count). The molecule has 1 N–H and O–H groups in total. The van der Waals surface area contributed by atoms with E-state index < -0.39 is 0 Å². The van der Waals surface area contributed by atoms with Crippen LogP contribution < -0.4 is 10.1 Å². The SMILES string of the molecule is O=C1CC2(CCN1)CCc1cc(Br)ccc1O2. The molecular formula is C13H14BrNO2. The second-order valence-corrected chi connectivity index (χ2v) is 5.73. The van der Waals surface area contributed by atoms with E-state index in [0.717, 1.165) is 36.0 Å². The summed E-state index contributed by atoms with van der Waals surface area (Å²) >= 11 is 3.47. The third-order valence-electron chi connectivity index (χ3n) is 3.58. The summed E-state index contributed by atoms with van der Waals surface area (Å²) in [7, 11) is 0. The van der Waals surface area contributed by atoms with Gasteiger partial charge >= 0.3 is 0 Å². The van der Waals surface area contributed by atoms with E-state index in [2.05, 4.69) is 27.3 Å². The molecule has 1 aromatic carbocycles. The summed E-state index contributed by atoms with van der Waals surface area (Å²) in [6.45, 7) is 0.727. The van der Waals surface area contributed by atoms with Gasteiger partial charge in [0.15, 0.2) is 0 Å². The highest BCUT2D eigenvalue weighted by Crippen LogP contribution is 2.39. The zero-order valence-electron chi connectivity index (χ0n) is 9.46. The van der Waals surface area contributed by atoms with Crippen molar-refractivity contribution >= 4 is 21.8 Å². The van der Waals surface area contributed by atoms with E-state index in [4.69, 9.17) is 4.74 Å². The zero-order chi connectivity index (χ0) is 11.9. The number of benzene rings is 1. The lowest BCUT2D eigenvalue weighted by Crippen LogP contribution is -2.50. The molecule has 1 saturated heterocycles. The molecule has 2 aliphatic rings. The number of carbonyl (C=O) groups is 1. The fraction of sp³-hybridized carbons (Fsp3) is 0.462. The van der Waals surface area contributed by atoms with Gasteiger partial charge in [0.05, 0.1) is 6.42 Å². The summed E-state index contributed by atoms with van der Waals surface area (Å²) in [4.78, 5) is 11.5. The van der Waals surface area contributed by atoms with Crippen LogP contribution >= 0.6 is 15.9 Å². The van der Waals surface area contributed by atoms with Crippen LogP contribution in [0, 0.1) is 0 Å². The maximum absolute atomic E-state index is 11.5. The second-order valence-electron chi connectivity index (χ2n) is 4.81. The molecule has 0 bridgehead atoms. The van der Waals surface area contributed by atoms with Gasteiger partial charge in [-0.05, 0) is 36.6 Å². The third kappa shape index (κ3) is 2.06. The van der Waals surface area contributed by atoms with E-state index in [-0.39, 0.29) is 11.5 Å². The highest BCUT2D eigenvalue weighted by molar-refractivity contribution is 9.10. The molecule has 1 spiro atoms. The van der Waals surface area contributed by atoms with Crippen molar-refractivity contribution in [2.75, 3.05) is 6.54 Å². The van der Waals surface area contributed by atoms with E-state index in [0.29, 0.717) is 6.42 Å². The predicted molar refractivity (Wildman–Crippen MR) is 68.1 cm³/mol. The van der Waals surface area contributed by atoms with Crippen LogP contribution in [0.4, 0.5) is 0 Å². The van der Waals surface area contributed by atoms with Gasteiger partial charge in [0.1, 0.15) is 11.4 Å². The number of rotatable bonds is 0. The Kier molecular flexibility index (Phi) is 2.62. The van der Waals surface area contributed by atoms with Crippen LogP contribution in [-0.2, 0) is 11.2 Å². The molecule has 1 fully saturated rings. The standard InChI is InChI=1S/C13H14BrNO2/c14-10-1-2-11-9(7-10)3-4-13(17-11)5-6-15-12(16)8-13/h1-2,7H,3-6,8H2,(H,15,16). The van der Waals surface area contributed by atoms with Crippen LogP contribution in [-0.4, -0.2) is 18.1 Å². The molecule has 4 heteroatoms. The second kappa shape index (κ2) is 4.02. The molecule has 1 aromatic rings. The number of ether oxygens (including phenoxy) is 1. The molecule has 3 nitrogen and oxygen atoms in total. The van der Waals surface area contributed by atoms with Gasteiger partial charge in [-0.2, -0.15) is 0 Å². The first kappa shape index (κ1) is 11.1. The molecule has 2 heterocycles. The summed E-state index contributed by atoms with van der Waals surface area (Å²) in [6.07, 6.45) is 3.32. The molecule has 0 radical (unpaired) electrons. The van der Waals surface area contributed by atoms with E-state index in [1.54, 1.807) is 0 Å². The number of hydrogen-bond donors (Lipinski definition) is 1. The minimum atomic E-state index is -0.261. The number of aryl methyl sites for hydroxylation is 1. The summed E-state index contributed by atoms with van der Waals surface area (Å²) in [5, 5.41) is 2.86. The van der Waals surface area contributed by atoms with E-state index in [1.807, 2.05) is 12.1 Å². The highest BCUT2D eigenvalue weighted by Gasteiger charge is 2.40. The van der Waals surface area contributed by atoms with Gasteiger partial charge in [0, 0.05) is 17.4 Å². The van der Waals surface area contributed by atoms with E-state index in [9.17, 15) is 4.79 Å². The number of halogens is 1. The minimum Gasteiger partial charge on any atom is -0.486 e. The molecule has 1 unspecified atom stereocenters. The molecule has 2 aliphatic heterocycles. The lowest BCUT2D eigenvalue weighted by molar-refractivity contribution is -0.129. The summed E-state index contributed by atoms with van der Waals surface area (Å²) in [5.41, 5.74) is 0.972. The first-order chi connectivity index (χ1) is 8.17. The Balaban J connectivity index is 1.89. The Morgan fingerprint density at radius 3 is 3.06 bits per heavy atom. The number of piperidine rings is 1. The molecule has 90 valence electrons. The Labute approximate surface area is 109 Å². The summed E-state index contributed by atoms with van der Waals surface area (Å²) in [6, 6.07) is 6.08. The zero-order valence-corrected chi connectivity index (χ0v) is 11.0. The highest BCUT2D eigenvalue weighted by atomic mass is 79.9. The first-order valence-electron chi connectivity index (χ1n) is 5.91. The number of fused-ring (bicyclic) bond motifs is 1. The van der Waals surface area contributed by atoms with Gasteiger partial charge < -0.3 is 10.1 Å². The molecule has 1 atom stereocenters. The Hall–Kier alpha value is -1.03. The molecule has 17 heavy (non-hydrogen) atoms. The topological polar surface area (TPSA) is 38.3 Å². The average molecular weight is 296 g/mol. The Bertz CT molecular complexity index is 474. The van der Waals surface area contributed by atoms with Gasteiger partial charge in [0.2, 0.25) is 5.91 Å². The van der Waals surface area contributed by atoms with Crippen LogP contribution in [0.15, 0.2) is 22.7 Å². The van der Waals surface area contributed by atoms with Gasteiger partial charge in [-0.3, -0.25) is 4.79 Å². The maximum Gasteiger partial charge on any atom is 0.224 e. The lowest BCUT2D eigenvalue weighted by atomic mass is 9.83. The van der Waals surface area contributed by atoms with Crippen LogP contribution in [0.2, 0.25) is 0 Å². The lowest BCUT2D eigenvalue weighted by Gasteiger charge is -2.41. The van der Waals surface area contributed by atoms with Gasteiger partial charge in [-0.15, -0.1) is 0 Å². The maximum atomic E-state index is 11.5. The molecular weight excluding hydrogens is 282 g/mol. The first-order valence-corrected chi connectivity index (χ1v) is 6.70. The van der Waals surface area contributed by atoms with Crippen molar-refractivity contribution < 1.29 is 9.53 Å². The number of carbonyl (C=O) groups excluding carboxylic acids is 1. The van der Waals surface area contributed by atoms with Gasteiger partial charge in [-0.25, -0.2) is 0 Å². The van der Waals surface area contributed by atoms with Crippen LogP contribution in [0.5, 0.6) is 5.75 Å². The smallest absolute Gasteiger partial charge is 0.224 e. The van der Waals surface area contributed by atoms with Crippen molar-refractivity contribution in [1.82, 2.24) is 5.32 Å². The van der Waals surface area contributed by atoms with E-state index in [1.165, 1.54) is 5.56 Å². The molecule has 0 aliphatic carbocycles. The molecule has 1 amide bonds. The third-order valence-corrected chi connectivity index (χ3v) is 4.08. The molecule has 0 aromatic heterocycles. The normalized spacial score (nSPS) is 27.2. The number of nitrogens with one attached hydrogen (secondary N) is 1. The number of amides is 1. The summed E-state index contributed by atoms with van der Waals surface area (Å²) < 4.78 is 7.18. The van der Waals surface area contributed by atoms with Crippen LogP contribution in [0.25, 0.3) is 0 Å². The quantitative estimate of drug-likeness (QED) is 0.798. The van der Waals surface area contributed by atoms with Crippen molar-refractivity contribution in [3.63, 3.8) is 0 Å². The van der Waals surface area contributed by atoms with Crippen molar-refractivity contribution in [1.29, 1.82) is 0 Å². The van der Waals surface area contributed by atoms with Gasteiger partial charge in [-0.1, -0.05) is 15.9 Å². The van der Waals surface area contributed by atoms with E-state index >= 15 is 0 Å². The van der Waals surface area contributed by atoms with Crippen molar-refractivity contribution in [3.05, 3.63) is 28.2 Å². The van der Waals surface area contributed by atoms with Gasteiger partial charge in [0.25, 0.3) is 0 Å². The predicted octanol–water partition coefficient (Wildman–Crippen LogP) is 2.42. The van der Waals surface area contributed by atoms with Crippen LogP contribution in [0.3, 0.4) is 0 Å². The number of hydrogen-bond acceptors (Lipinski definition) is 2. The largest absolute Gasteiger partial charge is 0.486 e. The molecule has 0 saturated carbocycles. The Morgan fingerprint density at radius 2 is 2.24 bits per heavy atom. The fourth-order valence-corrected chi connectivity index (χ4v) is 3.07.